The van der Waals surface area contributed by atoms with E-state index in [9.17, 15) is 4.79 Å². The molecule has 4 nitrogen and oxygen atoms in total. The number of thioether (sulfide) groups is 1. The van der Waals surface area contributed by atoms with Gasteiger partial charge in [-0.2, -0.15) is 0 Å². The zero-order valence-electron chi connectivity index (χ0n) is 10.7. The quantitative estimate of drug-likeness (QED) is 0.471. The number of cyclic esters (lactones) is 1. The molecule has 0 unspecified atom stereocenters. The van der Waals surface area contributed by atoms with Gasteiger partial charge in [0.2, 0.25) is 0 Å². The summed E-state index contributed by atoms with van der Waals surface area (Å²) in [6.45, 7) is 0. The van der Waals surface area contributed by atoms with Crippen LogP contribution in [-0.2, 0) is 9.53 Å². The molecule has 0 spiro atoms. The van der Waals surface area contributed by atoms with Crippen molar-refractivity contribution in [1.29, 1.82) is 0 Å². The summed E-state index contributed by atoms with van der Waals surface area (Å²) in [6.07, 6.45) is 9.45. The Morgan fingerprint density at radius 3 is 2.89 bits per heavy atom. The van der Waals surface area contributed by atoms with E-state index in [4.69, 9.17) is 4.74 Å². The molecule has 19 heavy (non-hydrogen) atoms. The van der Waals surface area contributed by atoms with Gasteiger partial charge in [-0.15, -0.1) is 0 Å². The Hall–Kier alpha value is -1.62. The third kappa shape index (κ3) is 2.42. The van der Waals surface area contributed by atoms with Crippen LogP contribution in [-0.4, -0.2) is 22.2 Å². The van der Waals surface area contributed by atoms with Crippen molar-refractivity contribution in [1.82, 2.24) is 9.97 Å². The molecule has 0 fully saturated rings. The number of rotatable bonds is 2. The van der Waals surface area contributed by atoms with Gasteiger partial charge in [-0.05, 0) is 38.0 Å². The van der Waals surface area contributed by atoms with E-state index < -0.39 is 0 Å². The monoisotopic (exact) mass is 274 g/mol. The molecule has 1 aliphatic carbocycles. The standard InChI is InChI=1S/C14H14N2O2S/c1-19-14-15-7-6-9(16-14)8-12-10-4-2-3-5-11(10)13(17)18-12/h6-8H,2-5H2,1H3. The number of aromatic nitrogens is 2. The van der Waals surface area contributed by atoms with Gasteiger partial charge in [0.15, 0.2) is 5.16 Å². The molecule has 0 atom stereocenters. The van der Waals surface area contributed by atoms with E-state index in [1.54, 1.807) is 6.20 Å². The van der Waals surface area contributed by atoms with Gasteiger partial charge in [0.25, 0.3) is 0 Å². The van der Waals surface area contributed by atoms with Gasteiger partial charge in [-0.25, -0.2) is 14.8 Å². The number of nitrogens with zero attached hydrogens (tertiary/aromatic N) is 2. The van der Waals surface area contributed by atoms with Crippen molar-refractivity contribution in [2.75, 3.05) is 6.26 Å². The Bertz CT molecular complexity index is 593. The summed E-state index contributed by atoms with van der Waals surface area (Å²) in [5, 5.41) is 0.719. The van der Waals surface area contributed by atoms with Gasteiger partial charge < -0.3 is 4.74 Å². The van der Waals surface area contributed by atoms with Crippen LogP contribution in [0.4, 0.5) is 0 Å². The van der Waals surface area contributed by atoms with Crippen molar-refractivity contribution in [3.63, 3.8) is 0 Å². The minimum absolute atomic E-state index is 0.180. The Balaban J connectivity index is 1.95. The zero-order valence-corrected chi connectivity index (χ0v) is 11.5. The van der Waals surface area contributed by atoms with Crippen LogP contribution >= 0.6 is 11.8 Å². The number of hydrogen-bond acceptors (Lipinski definition) is 5. The average Bonchev–Trinajstić information content (AvgIpc) is 2.76. The highest BCUT2D eigenvalue weighted by atomic mass is 32.2. The van der Waals surface area contributed by atoms with Gasteiger partial charge in [0.05, 0.1) is 5.69 Å². The highest BCUT2D eigenvalue weighted by Gasteiger charge is 2.31. The first-order valence-electron chi connectivity index (χ1n) is 6.31. The fourth-order valence-electron chi connectivity index (χ4n) is 2.41. The van der Waals surface area contributed by atoms with Crippen LogP contribution in [0.3, 0.4) is 0 Å². The molecule has 1 aromatic heterocycles. The molecule has 2 heterocycles. The molecule has 2 aliphatic rings. The third-order valence-corrected chi connectivity index (χ3v) is 3.89. The van der Waals surface area contributed by atoms with E-state index in [0.29, 0.717) is 5.76 Å². The zero-order chi connectivity index (χ0) is 13.2. The lowest BCUT2D eigenvalue weighted by Crippen LogP contribution is -2.01. The van der Waals surface area contributed by atoms with E-state index in [1.807, 2.05) is 18.4 Å². The summed E-state index contributed by atoms with van der Waals surface area (Å²) in [4.78, 5) is 20.3. The minimum Gasteiger partial charge on any atom is -0.423 e. The summed E-state index contributed by atoms with van der Waals surface area (Å²) < 4.78 is 5.37. The molecule has 0 bridgehead atoms. The molecular formula is C14H14N2O2S. The predicted molar refractivity (Wildman–Crippen MR) is 73.4 cm³/mol. The van der Waals surface area contributed by atoms with Gasteiger partial charge in [-0.1, -0.05) is 11.8 Å². The molecular weight excluding hydrogens is 260 g/mol. The van der Waals surface area contributed by atoms with Crippen molar-refractivity contribution >= 4 is 23.8 Å². The lowest BCUT2D eigenvalue weighted by atomic mass is 9.92. The van der Waals surface area contributed by atoms with Crippen molar-refractivity contribution in [3.8, 4) is 0 Å². The smallest absolute Gasteiger partial charge is 0.339 e. The Morgan fingerprint density at radius 1 is 1.32 bits per heavy atom. The minimum atomic E-state index is -0.180. The van der Waals surface area contributed by atoms with Crippen molar-refractivity contribution < 1.29 is 9.53 Å². The van der Waals surface area contributed by atoms with Crippen LogP contribution in [0.1, 0.15) is 31.4 Å². The second-order valence-corrected chi connectivity index (χ2v) is 5.30. The first kappa shape index (κ1) is 12.4. The molecule has 98 valence electrons. The van der Waals surface area contributed by atoms with Crippen LogP contribution in [0.25, 0.3) is 6.08 Å². The summed E-state index contributed by atoms with van der Waals surface area (Å²) in [6, 6.07) is 1.82. The maximum Gasteiger partial charge on any atom is 0.339 e. The average molecular weight is 274 g/mol. The van der Waals surface area contributed by atoms with E-state index in [-0.39, 0.29) is 5.97 Å². The first-order valence-corrected chi connectivity index (χ1v) is 7.53. The summed E-state index contributed by atoms with van der Waals surface area (Å²) >= 11 is 1.49. The topological polar surface area (TPSA) is 52.1 Å². The molecule has 0 radical (unpaired) electrons. The van der Waals surface area contributed by atoms with Gasteiger partial charge >= 0.3 is 5.97 Å². The van der Waals surface area contributed by atoms with Crippen LogP contribution in [0.15, 0.2) is 34.3 Å². The van der Waals surface area contributed by atoms with Crippen LogP contribution in [0.5, 0.6) is 0 Å². The van der Waals surface area contributed by atoms with E-state index in [2.05, 4.69) is 9.97 Å². The largest absolute Gasteiger partial charge is 0.423 e. The van der Waals surface area contributed by atoms with Crippen LogP contribution in [0.2, 0.25) is 0 Å². The number of allylic oxidation sites excluding steroid dienone is 1. The van der Waals surface area contributed by atoms with Crippen molar-refractivity contribution in [2.45, 2.75) is 30.8 Å². The van der Waals surface area contributed by atoms with Crippen molar-refractivity contribution in [2.24, 2.45) is 0 Å². The molecule has 0 saturated heterocycles. The summed E-state index contributed by atoms with van der Waals surface area (Å²) in [7, 11) is 0. The predicted octanol–water partition coefficient (Wildman–Crippen LogP) is 2.97. The number of hydrogen-bond donors (Lipinski definition) is 0. The fraction of sp³-hybridized carbons (Fsp3) is 0.357. The summed E-state index contributed by atoms with van der Waals surface area (Å²) in [5.41, 5.74) is 2.71. The van der Waals surface area contributed by atoms with E-state index in [0.717, 1.165) is 47.7 Å². The molecule has 0 amide bonds. The first-order chi connectivity index (χ1) is 9.28. The number of ether oxygens (including phenoxy) is 1. The highest BCUT2D eigenvalue weighted by Crippen LogP contribution is 2.37. The lowest BCUT2D eigenvalue weighted by Gasteiger charge is -2.10. The molecule has 1 aromatic rings. The molecule has 1 aliphatic heterocycles. The van der Waals surface area contributed by atoms with Gasteiger partial charge in [-0.3, -0.25) is 0 Å². The Kier molecular flexibility index (Phi) is 3.38. The molecule has 0 aromatic carbocycles. The molecule has 0 saturated carbocycles. The molecule has 3 rings (SSSR count). The van der Waals surface area contributed by atoms with E-state index >= 15 is 0 Å². The maximum atomic E-state index is 11.8. The summed E-state index contributed by atoms with van der Waals surface area (Å²) in [5.74, 6) is 0.491. The van der Waals surface area contributed by atoms with Crippen LogP contribution < -0.4 is 0 Å². The second-order valence-electron chi connectivity index (χ2n) is 4.53. The van der Waals surface area contributed by atoms with E-state index in [1.165, 1.54) is 11.8 Å². The Morgan fingerprint density at radius 2 is 2.11 bits per heavy atom. The SMILES string of the molecule is CSc1nccc(C=C2OC(=O)C3=C2CCCC3)n1. The highest BCUT2D eigenvalue weighted by molar-refractivity contribution is 7.98. The number of carbonyl (C=O) groups excluding carboxylic acids is 1. The Labute approximate surface area is 116 Å². The second kappa shape index (κ2) is 5.17. The number of esters is 1. The third-order valence-electron chi connectivity index (χ3n) is 3.33. The maximum absolute atomic E-state index is 11.8. The fourth-order valence-corrected chi connectivity index (χ4v) is 2.77. The number of carbonyl (C=O) groups is 1. The lowest BCUT2D eigenvalue weighted by molar-refractivity contribution is -0.133. The van der Waals surface area contributed by atoms with Crippen LogP contribution in [0, 0.1) is 0 Å². The molecule has 0 N–H and O–H groups in total. The van der Waals surface area contributed by atoms with Gasteiger partial charge in [0, 0.05) is 23.4 Å². The normalized spacial score (nSPS) is 20.7. The van der Waals surface area contributed by atoms with Gasteiger partial charge in [0.1, 0.15) is 5.76 Å². The van der Waals surface area contributed by atoms with Crippen molar-refractivity contribution in [3.05, 3.63) is 34.9 Å². The molecule has 5 heteroatoms.